The second-order valence-electron chi connectivity index (χ2n) is 5.36. The van der Waals surface area contributed by atoms with E-state index in [9.17, 15) is 9.18 Å². The van der Waals surface area contributed by atoms with Crippen molar-refractivity contribution in [2.24, 2.45) is 0 Å². The van der Waals surface area contributed by atoms with E-state index in [0.29, 0.717) is 27.1 Å². The van der Waals surface area contributed by atoms with Crippen LogP contribution in [-0.4, -0.2) is 11.1 Å². The number of hydrogen-bond donors (Lipinski definition) is 1. The van der Waals surface area contributed by atoms with Crippen molar-refractivity contribution in [2.45, 2.75) is 13.5 Å². The zero-order valence-corrected chi connectivity index (χ0v) is 15.1. The summed E-state index contributed by atoms with van der Waals surface area (Å²) in [5.74, 6) is -0.228. The maximum Gasteiger partial charge on any atom is 0.278 e. The van der Waals surface area contributed by atoms with Crippen LogP contribution in [0.5, 0.6) is 5.75 Å². The Morgan fingerprint density at radius 2 is 1.92 bits per heavy atom. The van der Waals surface area contributed by atoms with E-state index in [0.717, 1.165) is 0 Å². The van der Waals surface area contributed by atoms with Gasteiger partial charge in [-0.3, -0.25) is 4.79 Å². The van der Waals surface area contributed by atoms with Crippen LogP contribution in [0, 0.1) is 12.7 Å². The lowest BCUT2D eigenvalue weighted by molar-refractivity contribution is 0.101. The van der Waals surface area contributed by atoms with Crippen molar-refractivity contribution < 1.29 is 18.4 Å². The Kier molecular flexibility index (Phi) is 5.44. The van der Waals surface area contributed by atoms with E-state index < -0.39 is 11.7 Å². The van der Waals surface area contributed by atoms with Gasteiger partial charge in [-0.25, -0.2) is 4.39 Å². The molecule has 0 saturated heterocycles. The number of aryl methyl sites for hydroxylation is 1. The number of para-hydroxylation sites is 1. The first-order chi connectivity index (χ1) is 12.5. The molecule has 8 heteroatoms. The molecule has 3 aromatic rings. The van der Waals surface area contributed by atoms with Crippen molar-refractivity contribution in [1.82, 2.24) is 5.16 Å². The summed E-state index contributed by atoms with van der Waals surface area (Å²) in [4.78, 5) is 12.6. The van der Waals surface area contributed by atoms with Crippen molar-refractivity contribution in [3.63, 3.8) is 0 Å². The van der Waals surface area contributed by atoms with Crippen molar-refractivity contribution in [3.05, 3.63) is 75.3 Å². The number of carbonyl (C=O) groups is 1. The van der Waals surface area contributed by atoms with Crippen LogP contribution in [0.3, 0.4) is 0 Å². The molecule has 1 aromatic heterocycles. The fourth-order valence-corrected chi connectivity index (χ4v) is 2.73. The standard InChI is InChI=1S/C18H13Cl2FN2O3/c1-10-13(9-25-12-5-2-4-11(21)8-12)16(23-26-10)18(24)22-17-14(19)6-3-7-15(17)20/h2-8H,9H2,1H3,(H,22,24). The van der Waals surface area contributed by atoms with Gasteiger partial charge in [0.15, 0.2) is 5.69 Å². The van der Waals surface area contributed by atoms with Gasteiger partial charge in [0.05, 0.1) is 21.3 Å². The summed E-state index contributed by atoms with van der Waals surface area (Å²) in [7, 11) is 0. The molecule has 0 spiro atoms. The minimum Gasteiger partial charge on any atom is -0.489 e. The summed E-state index contributed by atoms with van der Waals surface area (Å²) in [6.45, 7) is 1.63. The van der Waals surface area contributed by atoms with Gasteiger partial charge in [-0.1, -0.05) is 40.5 Å². The van der Waals surface area contributed by atoms with Crippen molar-refractivity contribution >= 4 is 34.8 Å². The topological polar surface area (TPSA) is 64.4 Å². The van der Waals surface area contributed by atoms with Crippen LogP contribution < -0.4 is 10.1 Å². The van der Waals surface area contributed by atoms with Crippen LogP contribution in [0.15, 0.2) is 47.0 Å². The summed E-state index contributed by atoms with van der Waals surface area (Å²) in [6, 6.07) is 10.6. The van der Waals surface area contributed by atoms with Crippen LogP contribution >= 0.6 is 23.2 Å². The quantitative estimate of drug-likeness (QED) is 0.640. The highest BCUT2D eigenvalue weighted by molar-refractivity contribution is 6.40. The Labute approximate surface area is 158 Å². The van der Waals surface area contributed by atoms with Gasteiger partial charge in [0, 0.05) is 6.07 Å². The van der Waals surface area contributed by atoms with Gasteiger partial charge in [0.1, 0.15) is 23.9 Å². The van der Waals surface area contributed by atoms with Crippen LogP contribution in [0.1, 0.15) is 21.8 Å². The molecule has 0 aliphatic carbocycles. The van der Waals surface area contributed by atoms with Gasteiger partial charge in [-0.15, -0.1) is 0 Å². The van der Waals surface area contributed by atoms with E-state index in [2.05, 4.69) is 10.5 Å². The highest BCUT2D eigenvalue weighted by Crippen LogP contribution is 2.30. The highest BCUT2D eigenvalue weighted by atomic mass is 35.5. The summed E-state index contributed by atoms with van der Waals surface area (Å²) in [6.07, 6.45) is 0. The summed E-state index contributed by atoms with van der Waals surface area (Å²) < 4.78 is 23.9. The van der Waals surface area contributed by atoms with E-state index in [4.69, 9.17) is 32.5 Å². The van der Waals surface area contributed by atoms with E-state index in [-0.39, 0.29) is 18.0 Å². The number of carbonyl (C=O) groups excluding carboxylic acids is 1. The molecule has 0 fully saturated rings. The highest BCUT2D eigenvalue weighted by Gasteiger charge is 2.22. The number of anilines is 1. The third-order valence-electron chi connectivity index (χ3n) is 3.58. The number of halogens is 3. The Balaban J connectivity index is 1.79. The molecule has 0 aliphatic rings. The smallest absolute Gasteiger partial charge is 0.278 e. The van der Waals surface area contributed by atoms with Crippen molar-refractivity contribution in [2.75, 3.05) is 5.32 Å². The third kappa shape index (κ3) is 3.98. The number of aromatic nitrogens is 1. The van der Waals surface area contributed by atoms with Gasteiger partial charge < -0.3 is 14.6 Å². The van der Waals surface area contributed by atoms with Gasteiger partial charge in [-0.2, -0.15) is 0 Å². The van der Waals surface area contributed by atoms with Crippen LogP contribution in [0.25, 0.3) is 0 Å². The number of nitrogens with zero attached hydrogens (tertiary/aromatic N) is 1. The Hall–Kier alpha value is -2.57. The average Bonchev–Trinajstić information content (AvgIpc) is 2.97. The molecule has 0 radical (unpaired) electrons. The molecule has 3 rings (SSSR count). The van der Waals surface area contributed by atoms with Gasteiger partial charge in [-0.05, 0) is 31.2 Å². The Bertz CT molecular complexity index is 939. The maximum atomic E-state index is 13.2. The summed E-state index contributed by atoms with van der Waals surface area (Å²) >= 11 is 12.1. The lowest BCUT2D eigenvalue weighted by Crippen LogP contribution is -2.16. The molecule has 2 aromatic carbocycles. The minimum atomic E-state index is -0.547. The number of ether oxygens (including phenoxy) is 1. The molecule has 0 saturated carbocycles. The monoisotopic (exact) mass is 394 g/mol. The zero-order valence-electron chi connectivity index (χ0n) is 13.6. The molecule has 26 heavy (non-hydrogen) atoms. The minimum absolute atomic E-state index is 0.0161. The first-order valence-electron chi connectivity index (χ1n) is 7.54. The SMILES string of the molecule is Cc1onc(C(=O)Nc2c(Cl)cccc2Cl)c1COc1cccc(F)c1. The zero-order chi connectivity index (χ0) is 18.7. The number of hydrogen-bond acceptors (Lipinski definition) is 4. The first-order valence-corrected chi connectivity index (χ1v) is 8.30. The number of nitrogens with one attached hydrogen (secondary N) is 1. The van der Waals surface area contributed by atoms with Gasteiger partial charge >= 0.3 is 0 Å². The van der Waals surface area contributed by atoms with Gasteiger partial charge in [0.25, 0.3) is 5.91 Å². The molecule has 0 aliphatic heterocycles. The molecule has 5 nitrogen and oxygen atoms in total. The predicted molar refractivity (Wildman–Crippen MR) is 96.4 cm³/mol. The molecule has 1 N–H and O–H groups in total. The van der Waals surface area contributed by atoms with E-state index in [1.807, 2.05) is 0 Å². The van der Waals surface area contributed by atoms with E-state index in [1.54, 1.807) is 31.2 Å². The average molecular weight is 395 g/mol. The number of amides is 1. The van der Waals surface area contributed by atoms with Crippen LogP contribution in [0.2, 0.25) is 10.0 Å². The second kappa shape index (κ2) is 7.76. The van der Waals surface area contributed by atoms with Gasteiger partial charge in [0.2, 0.25) is 0 Å². The fourth-order valence-electron chi connectivity index (χ4n) is 2.24. The van der Waals surface area contributed by atoms with E-state index >= 15 is 0 Å². The van der Waals surface area contributed by atoms with Crippen molar-refractivity contribution in [1.29, 1.82) is 0 Å². The Morgan fingerprint density at radius 3 is 2.62 bits per heavy atom. The maximum absolute atomic E-state index is 13.2. The molecule has 0 bridgehead atoms. The molecular weight excluding hydrogens is 382 g/mol. The molecule has 1 amide bonds. The third-order valence-corrected chi connectivity index (χ3v) is 4.21. The normalized spacial score (nSPS) is 10.6. The first kappa shape index (κ1) is 18.2. The number of rotatable bonds is 5. The molecule has 1 heterocycles. The predicted octanol–water partition coefficient (Wildman–Crippen LogP) is 5.26. The summed E-state index contributed by atoms with van der Waals surface area (Å²) in [5, 5.41) is 6.98. The second-order valence-corrected chi connectivity index (χ2v) is 6.18. The Morgan fingerprint density at radius 1 is 1.23 bits per heavy atom. The molecule has 0 unspecified atom stereocenters. The fraction of sp³-hybridized carbons (Fsp3) is 0.111. The molecular formula is C18H13Cl2FN2O3. The van der Waals surface area contributed by atoms with Crippen molar-refractivity contribution in [3.8, 4) is 5.75 Å². The lowest BCUT2D eigenvalue weighted by Gasteiger charge is -2.09. The lowest BCUT2D eigenvalue weighted by atomic mass is 10.2. The van der Waals surface area contributed by atoms with Crippen LogP contribution in [-0.2, 0) is 6.61 Å². The largest absolute Gasteiger partial charge is 0.489 e. The van der Waals surface area contributed by atoms with E-state index in [1.165, 1.54) is 18.2 Å². The van der Waals surface area contributed by atoms with Crippen LogP contribution in [0.4, 0.5) is 10.1 Å². The number of benzene rings is 2. The molecule has 134 valence electrons. The molecule has 0 atom stereocenters. The summed E-state index contributed by atoms with van der Waals surface area (Å²) in [5.41, 5.74) is 0.753.